The molecule has 0 aromatic heterocycles. The van der Waals surface area contributed by atoms with Gasteiger partial charge in [0.05, 0.1) is 20.1 Å². The summed E-state index contributed by atoms with van der Waals surface area (Å²) in [6.07, 6.45) is 0. The molecule has 2 rings (SSSR count). The van der Waals surface area contributed by atoms with Crippen LogP contribution in [0.3, 0.4) is 0 Å². The number of likely N-dealkylation sites (tertiary alicyclic amines) is 1. The first-order chi connectivity index (χ1) is 11.5. The second kappa shape index (κ2) is 8.01. The smallest absolute Gasteiger partial charge is 0.308 e. The summed E-state index contributed by atoms with van der Waals surface area (Å²) < 4.78 is 15.9. The highest BCUT2D eigenvalue weighted by Crippen LogP contribution is 2.41. The van der Waals surface area contributed by atoms with Gasteiger partial charge in [-0.3, -0.25) is 9.59 Å². The van der Waals surface area contributed by atoms with Gasteiger partial charge in [-0.25, -0.2) is 0 Å². The third-order valence-corrected chi connectivity index (χ3v) is 4.25. The molecule has 1 heterocycles. The minimum atomic E-state index is -0.934. The first kappa shape index (κ1) is 18.1. The quantitative estimate of drug-likeness (QED) is 0.809. The number of ether oxygens (including phenoxy) is 3. The molecule has 0 unspecified atom stereocenters. The lowest BCUT2D eigenvalue weighted by atomic mass is 9.88. The van der Waals surface area contributed by atoms with Crippen LogP contribution in [0.15, 0.2) is 18.2 Å². The number of nitrogens with zero attached hydrogens (tertiary/aromatic N) is 1. The number of carboxylic acids is 1. The Balaban J connectivity index is 2.31. The first-order valence-corrected chi connectivity index (χ1v) is 7.82. The number of para-hydroxylation sites is 1. The highest BCUT2D eigenvalue weighted by Gasteiger charge is 2.41. The van der Waals surface area contributed by atoms with Crippen molar-refractivity contribution in [2.75, 3.05) is 40.5 Å². The SMILES string of the molecule is CCOCC(=O)N1C[C@@H](C(=O)O)[C@H](c2cccc(OC)c2OC)C1. The molecular formula is C17H23NO6. The average molecular weight is 337 g/mol. The van der Waals surface area contributed by atoms with Crippen molar-refractivity contribution < 1.29 is 28.9 Å². The van der Waals surface area contributed by atoms with Gasteiger partial charge in [0.2, 0.25) is 5.91 Å². The van der Waals surface area contributed by atoms with Crippen LogP contribution in [0, 0.1) is 5.92 Å². The number of benzene rings is 1. The zero-order chi connectivity index (χ0) is 17.7. The Bertz CT molecular complexity index is 603. The standard InChI is InChI=1S/C17H23NO6/c1-4-24-10-15(19)18-8-12(13(9-18)17(20)21)11-6-5-7-14(22-2)16(11)23-3/h5-7,12-13H,4,8-10H2,1-3H3,(H,20,21)/t12-,13+/m0/s1. The fourth-order valence-corrected chi connectivity index (χ4v) is 3.06. The van der Waals surface area contributed by atoms with Crippen LogP contribution in [0.25, 0.3) is 0 Å². The molecule has 1 aliphatic heterocycles. The van der Waals surface area contributed by atoms with E-state index >= 15 is 0 Å². The van der Waals surface area contributed by atoms with Gasteiger partial charge in [0.15, 0.2) is 11.5 Å². The summed E-state index contributed by atoms with van der Waals surface area (Å²) in [5.41, 5.74) is 0.732. The average Bonchev–Trinajstić information content (AvgIpc) is 3.04. The van der Waals surface area contributed by atoms with Gasteiger partial charge in [-0.05, 0) is 13.0 Å². The summed E-state index contributed by atoms with van der Waals surface area (Å²) in [6, 6.07) is 5.36. The molecule has 1 aromatic rings. The van der Waals surface area contributed by atoms with E-state index in [1.54, 1.807) is 19.1 Å². The van der Waals surface area contributed by atoms with Crippen molar-refractivity contribution in [1.29, 1.82) is 0 Å². The molecule has 2 atom stereocenters. The Morgan fingerprint density at radius 2 is 2.00 bits per heavy atom. The van der Waals surface area contributed by atoms with Crippen LogP contribution >= 0.6 is 0 Å². The van der Waals surface area contributed by atoms with Crippen LogP contribution in [0.1, 0.15) is 18.4 Å². The molecule has 24 heavy (non-hydrogen) atoms. The fraction of sp³-hybridized carbons (Fsp3) is 0.529. The Labute approximate surface area is 141 Å². The molecule has 0 aliphatic carbocycles. The van der Waals surface area contributed by atoms with E-state index in [1.165, 1.54) is 19.1 Å². The van der Waals surface area contributed by atoms with E-state index in [2.05, 4.69) is 0 Å². The predicted octanol–water partition coefficient (Wildman–Crippen LogP) is 1.37. The molecule has 0 saturated carbocycles. The van der Waals surface area contributed by atoms with E-state index in [4.69, 9.17) is 14.2 Å². The molecule has 1 aliphatic rings. The maximum absolute atomic E-state index is 12.2. The molecule has 132 valence electrons. The molecule has 1 amide bonds. The molecule has 0 spiro atoms. The van der Waals surface area contributed by atoms with Gasteiger partial charge in [-0.15, -0.1) is 0 Å². The summed E-state index contributed by atoms with van der Waals surface area (Å²) in [4.78, 5) is 25.4. The summed E-state index contributed by atoms with van der Waals surface area (Å²) in [5.74, 6) is -1.15. The lowest BCUT2D eigenvalue weighted by molar-refractivity contribution is -0.142. The van der Waals surface area contributed by atoms with Crippen LogP contribution in [-0.2, 0) is 14.3 Å². The van der Waals surface area contributed by atoms with Gasteiger partial charge < -0.3 is 24.2 Å². The van der Waals surface area contributed by atoms with Crippen molar-refractivity contribution in [3.05, 3.63) is 23.8 Å². The van der Waals surface area contributed by atoms with Crippen molar-refractivity contribution in [3.8, 4) is 11.5 Å². The topological polar surface area (TPSA) is 85.3 Å². The van der Waals surface area contributed by atoms with Gasteiger partial charge in [0.1, 0.15) is 6.61 Å². The lowest BCUT2D eigenvalue weighted by Crippen LogP contribution is -2.33. The summed E-state index contributed by atoms with van der Waals surface area (Å²) in [5, 5.41) is 9.57. The van der Waals surface area contributed by atoms with E-state index in [0.717, 1.165) is 5.56 Å². The Morgan fingerprint density at radius 3 is 2.58 bits per heavy atom. The highest BCUT2D eigenvalue weighted by molar-refractivity contribution is 5.80. The fourth-order valence-electron chi connectivity index (χ4n) is 3.06. The number of rotatable bonds is 7. The van der Waals surface area contributed by atoms with Crippen molar-refractivity contribution in [2.45, 2.75) is 12.8 Å². The summed E-state index contributed by atoms with van der Waals surface area (Å²) >= 11 is 0. The number of amides is 1. The number of carboxylic acid groups (broad SMARTS) is 1. The number of carbonyl (C=O) groups excluding carboxylic acids is 1. The summed E-state index contributed by atoms with van der Waals surface area (Å²) in [7, 11) is 3.05. The van der Waals surface area contributed by atoms with E-state index in [1.807, 2.05) is 6.07 Å². The van der Waals surface area contributed by atoms with E-state index in [-0.39, 0.29) is 25.0 Å². The molecule has 7 heteroatoms. The van der Waals surface area contributed by atoms with Crippen LogP contribution < -0.4 is 9.47 Å². The molecule has 1 N–H and O–H groups in total. The van der Waals surface area contributed by atoms with E-state index < -0.39 is 11.9 Å². The third-order valence-electron chi connectivity index (χ3n) is 4.25. The van der Waals surface area contributed by atoms with E-state index in [9.17, 15) is 14.7 Å². The number of carbonyl (C=O) groups is 2. The summed E-state index contributed by atoms with van der Waals surface area (Å²) in [6.45, 7) is 2.68. The zero-order valence-electron chi connectivity index (χ0n) is 14.2. The van der Waals surface area contributed by atoms with E-state index in [0.29, 0.717) is 24.7 Å². The molecule has 0 bridgehead atoms. The highest BCUT2D eigenvalue weighted by atomic mass is 16.5. The van der Waals surface area contributed by atoms with Crippen LogP contribution in [0.2, 0.25) is 0 Å². The molecule has 1 saturated heterocycles. The maximum Gasteiger partial charge on any atom is 0.308 e. The maximum atomic E-state index is 12.2. The van der Waals surface area contributed by atoms with Crippen LogP contribution in [0.4, 0.5) is 0 Å². The normalized spacial score (nSPS) is 20.0. The van der Waals surface area contributed by atoms with Crippen molar-refractivity contribution >= 4 is 11.9 Å². The van der Waals surface area contributed by atoms with Crippen molar-refractivity contribution in [2.24, 2.45) is 5.92 Å². The van der Waals surface area contributed by atoms with Gasteiger partial charge in [0, 0.05) is 31.2 Å². The third kappa shape index (κ3) is 3.62. The Kier molecular flexibility index (Phi) is 6.03. The molecule has 1 fully saturated rings. The zero-order valence-corrected chi connectivity index (χ0v) is 14.2. The van der Waals surface area contributed by atoms with Gasteiger partial charge >= 0.3 is 5.97 Å². The first-order valence-electron chi connectivity index (χ1n) is 7.82. The van der Waals surface area contributed by atoms with Crippen LogP contribution in [-0.4, -0.2) is 62.4 Å². The minimum absolute atomic E-state index is 0.0369. The second-order valence-corrected chi connectivity index (χ2v) is 5.57. The predicted molar refractivity (Wildman–Crippen MR) is 86.5 cm³/mol. The molecular weight excluding hydrogens is 314 g/mol. The Morgan fingerprint density at radius 1 is 1.25 bits per heavy atom. The molecule has 0 radical (unpaired) electrons. The number of methoxy groups -OCH3 is 2. The minimum Gasteiger partial charge on any atom is -0.493 e. The molecule has 7 nitrogen and oxygen atoms in total. The van der Waals surface area contributed by atoms with Crippen molar-refractivity contribution in [1.82, 2.24) is 4.90 Å². The second-order valence-electron chi connectivity index (χ2n) is 5.57. The number of aliphatic carboxylic acids is 1. The largest absolute Gasteiger partial charge is 0.493 e. The number of hydrogen-bond acceptors (Lipinski definition) is 5. The Hall–Kier alpha value is -2.28. The van der Waals surface area contributed by atoms with Crippen molar-refractivity contribution in [3.63, 3.8) is 0 Å². The van der Waals surface area contributed by atoms with Gasteiger partial charge in [-0.1, -0.05) is 12.1 Å². The molecule has 1 aromatic carbocycles. The van der Waals surface area contributed by atoms with Gasteiger partial charge in [-0.2, -0.15) is 0 Å². The van der Waals surface area contributed by atoms with Gasteiger partial charge in [0.25, 0.3) is 0 Å². The lowest BCUT2D eigenvalue weighted by Gasteiger charge is -2.20. The monoisotopic (exact) mass is 337 g/mol. The van der Waals surface area contributed by atoms with Crippen LogP contribution in [0.5, 0.6) is 11.5 Å². The number of hydrogen-bond donors (Lipinski definition) is 1.